The van der Waals surface area contributed by atoms with Crippen LogP contribution in [0, 0.1) is 5.41 Å². The van der Waals surface area contributed by atoms with Crippen LogP contribution in [0.3, 0.4) is 0 Å². The highest BCUT2D eigenvalue weighted by atomic mass is 16.6. The van der Waals surface area contributed by atoms with E-state index in [0.717, 1.165) is 6.08 Å². The first-order chi connectivity index (χ1) is 12.6. The summed E-state index contributed by atoms with van der Waals surface area (Å²) in [4.78, 5) is 55.2. The Hall–Kier alpha value is -3.43. The van der Waals surface area contributed by atoms with Gasteiger partial charge >= 0.3 is 29.8 Å². The van der Waals surface area contributed by atoms with Crippen molar-refractivity contribution in [2.24, 2.45) is 5.41 Å². The molecule has 0 aromatic carbocycles. The number of carboxylic acid groups (broad SMARTS) is 2. The third-order valence-electron chi connectivity index (χ3n) is 3.20. The minimum atomic E-state index is -1.34. The molecule has 0 aliphatic carbocycles. The van der Waals surface area contributed by atoms with E-state index in [1.165, 1.54) is 0 Å². The van der Waals surface area contributed by atoms with Crippen LogP contribution in [0.4, 0.5) is 0 Å². The molecule has 0 amide bonds. The molecule has 0 saturated heterocycles. The van der Waals surface area contributed by atoms with Crippen molar-refractivity contribution >= 4 is 29.8 Å². The summed E-state index contributed by atoms with van der Waals surface area (Å²) in [5.41, 5.74) is -1.13. The molecule has 0 fully saturated rings. The Labute approximate surface area is 154 Å². The summed E-state index contributed by atoms with van der Waals surface area (Å²) >= 11 is 0. The Balaban J connectivity index is 5.10. The summed E-state index contributed by atoms with van der Waals surface area (Å²) in [5.74, 6) is -5.34. The van der Waals surface area contributed by atoms with Crippen LogP contribution in [0.1, 0.15) is 13.3 Å². The SMILES string of the molecule is C=CC(=O)OCC(CC)(COC(=O)C=CC(=O)O)COC(=O)C=CC(=O)O. The number of hydrogen-bond donors (Lipinski definition) is 2. The van der Waals surface area contributed by atoms with Crippen molar-refractivity contribution in [1.29, 1.82) is 0 Å². The molecule has 0 heterocycles. The molecular formula is C17H20O10. The normalized spacial score (nSPS) is 12.9. The third-order valence-corrected chi connectivity index (χ3v) is 3.20. The van der Waals surface area contributed by atoms with Crippen LogP contribution in [0.5, 0.6) is 0 Å². The predicted octanol–water partition coefficient (Wildman–Crippen LogP) is 0.480. The first-order valence-corrected chi connectivity index (χ1v) is 7.59. The third kappa shape index (κ3) is 10.9. The van der Waals surface area contributed by atoms with Crippen LogP contribution in [-0.4, -0.2) is 59.9 Å². The highest BCUT2D eigenvalue weighted by Gasteiger charge is 2.33. The van der Waals surface area contributed by atoms with E-state index in [0.29, 0.717) is 24.3 Å². The maximum absolute atomic E-state index is 11.5. The molecule has 0 bridgehead atoms. The zero-order valence-electron chi connectivity index (χ0n) is 14.6. The summed E-state index contributed by atoms with van der Waals surface area (Å²) < 4.78 is 14.8. The van der Waals surface area contributed by atoms with Gasteiger partial charge < -0.3 is 24.4 Å². The molecule has 0 aliphatic heterocycles. The lowest BCUT2D eigenvalue weighted by Gasteiger charge is -2.30. The molecular weight excluding hydrogens is 364 g/mol. The molecule has 0 rings (SSSR count). The van der Waals surface area contributed by atoms with Crippen molar-refractivity contribution in [2.45, 2.75) is 13.3 Å². The van der Waals surface area contributed by atoms with Gasteiger partial charge in [0.2, 0.25) is 0 Å². The van der Waals surface area contributed by atoms with Gasteiger partial charge in [-0.25, -0.2) is 24.0 Å². The quantitative estimate of drug-likeness (QED) is 0.276. The molecule has 10 heteroatoms. The van der Waals surface area contributed by atoms with E-state index in [2.05, 4.69) is 6.58 Å². The average Bonchev–Trinajstić information content (AvgIpc) is 2.63. The van der Waals surface area contributed by atoms with Crippen molar-refractivity contribution < 1.29 is 48.4 Å². The monoisotopic (exact) mass is 384 g/mol. The van der Waals surface area contributed by atoms with E-state index in [-0.39, 0.29) is 26.2 Å². The fourth-order valence-electron chi connectivity index (χ4n) is 1.54. The maximum Gasteiger partial charge on any atom is 0.331 e. The van der Waals surface area contributed by atoms with Crippen LogP contribution in [-0.2, 0) is 38.2 Å². The first kappa shape index (κ1) is 23.6. The van der Waals surface area contributed by atoms with Crippen molar-refractivity contribution in [3.8, 4) is 0 Å². The summed E-state index contributed by atoms with van der Waals surface area (Å²) in [6.45, 7) is 3.90. The molecule has 0 spiro atoms. The van der Waals surface area contributed by atoms with Crippen molar-refractivity contribution in [3.63, 3.8) is 0 Å². The molecule has 0 radical (unpaired) electrons. The Morgan fingerprint density at radius 2 is 1.15 bits per heavy atom. The number of rotatable bonds is 12. The largest absolute Gasteiger partial charge is 0.478 e. The highest BCUT2D eigenvalue weighted by molar-refractivity contribution is 5.91. The van der Waals surface area contributed by atoms with Crippen LogP contribution in [0.2, 0.25) is 0 Å². The molecule has 0 atom stereocenters. The zero-order valence-corrected chi connectivity index (χ0v) is 14.6. The zero-order chi connectivity index (χ0) is 20.9. The lowest BCUT2D eigenvalue weighted by molar-refractivity contribution is -0.156. The van der Waals surface area contributed by atoms with Gasteiger partial charge in [-0.2, -0.15) is 0 Å². The van der Waals surface area contributed by atoms with Crippen LogP contribution in [0.25, 0.3) is 0 Å². The van der Waals surface area contributed by atoms with Gasteiger partial charge in [0.05, 0.1) is 5.41 Å². The van der Waals surface area contributed by atoms with Gasteiger partial charge in [-0.1, -0.05) is 13.5 Å². The molecule has 0 aliphatic rings. The number of carbonyl (C=O) groups is 5. The van der Waals surface area contributed by atoms with E-state index >= 15 is 0 Å². The molecule has 2 N–H and O–H groups in total. The Kier molecular flexibility index (Phi) is 10.5. The van der Waals surface area contributed by atoms with Gasteiger partial charge in [0.25, 0.3) is 0 Å². The van der Waals surface area contributed by atoms with Gasteiger partial charge in [-0.3, -0.25) is 0 Å². The number of aliphatic carboxylic acids is 2. The smallest absolute Gasteiger partial charge is 0.331 e. The van der Waals surface area contributed by atoms with Gasteiger partial charge in [-0.15, -0.1) is 0 Å². The Morgan fingerprint density at radius 3 is 1.44 bits per heavy atom. The summed E-state index contributed by atoms with van der Waals surface area (Å²) in [6, 6.07) is 0. The number of carboxylic acids is 2. The lowest BCUT2D eigenvalue weighted by Crippen LogP contribution is -2.38. The van der Waals surface area contributed by atoms with Gasteiger partial charge in [0, 0.05) is 30.4 Å². The minimum Gasteiger partial charge on any atom is -0.478 e. The second kappa shape index (κ2) is 12.0. The molecule has 27 heavy (non-hydrogen) atoms. The van der Waals surface area contributed by atoms with E-state index in [9.17, 15) is 24.0 Å². The standard InChI is InChI=1S/C17H20O10/c1-3-14(22)25-9-17(4-2,10-26-15(23)7-5-12(18)19)11-27-16(24)8-6-13(20)21/h3,5-8H,1,4,9-11H2,2H3,(H,18,19)(H,20,21). The molecule has 0 aromatic rings. The average molecular weight is 384 g/mol. The Morgan fingerprint density at radius 1 is 0.778 bits per heavy atom. The Bertz CT molecular complexity index is 604. The topological polar surface area (TPSA) is 154 Å². The second-order valence-corrected chi connectivity index (χ2v) is 5.22. The number of hydrogen-bond acceptors (Lipinski definition) is 8. The predicted molar refractivity (Wildman–Crippen MR) is 89.3 cm³/mol. The summed E-state index contributed by atoms with van der Waals surface area (Å²) in [6.07, 6.45) is 3.72. The van der Waals surface area contributed by atoms with Crippen LogP contribution >= 0.6 is 0 Å². The van der Waals surface area contributed by atoms with Crippen molar-refractivity contribution in [1.82, 2.24) is 0 Å². The summed E-state index contributed by atoms with van der Waals surface area (Å²) in [5, 5.41) is 17.0. The molecule has 0 unspecified atom stereocenters. The minimum absolute atomic E-state index is 0.239. The van der Waals surface area contributed by atoms with Crippen LogP contribution < -0.4 is 0 Å². The van der Waals surface area contributed by atoms with Crippen molar-refractivity contribution in [3.05, 3.63) is 37.0 Å². The van der Waals surface area contributed by atoms with E-state index < -0.39 is 35.3 Å². The highest BCUT2D eigenvalue weighted by Crippen LogP contribution is 2.24. The van der Waals surface area contributed by atoms with Crippen LogP contribution in [0.15, 0.2) is 37.0 Å². The molecule has 0 aromatic heterocycles. The number of ether oxygens (including phenoxy) is 3. The number of carbonyl (C=O) groups excluding carboxylic acids is 3. The second-order valence-electron chi connectivity index (χ2n) is 5.22. The summed E-state index contributed by atoms with van der Waals surface area (Å²) in [7, 11) is 0. The van der Waals surface area contributed by atoms with Crippen molar-refractivity contribution in [2.75, 3.05) is 19.8 Å². The molecule has 0 saturated carbocycles. The fourth-order valence-corrected chi connectivity index (χ4v) is 1.54. The van der Waals surface area contributed by atoms with E-state index in [1.807, 2.05) is 0 Å². The maximum atomic E-state index is 11.5. The van der Waals surface area contributed by atoms with E-state index in [1.54, 1.807) is 6.92 Å². The first-order valence-electron chi connectivity index (χ1n) is 7.59. The molecule has 10 nitrogen and oxygen atoms in total. The van der Waals surface area contributed by atoms with Gasteiger partial charge in [-0.05, 0) is 6.42 Å². The van der Waals surface area contributed by atoms with Gasteiger partial charge in [0.15, 0.2) is 0 Å². The van der Waals surface area contributed by atoms with E-state index in [4.69, 9.17) is 24.4 Å². The molecule has 148 valence electrons. The van der Waals surface area contributed by atoms with Gasteiger partial charge in [0.1, 0.15) is 19.8 Å². The number of esters is 3. The fraction of sp³-hybridized carbons (Fsp3) is 0.353. The lowest BCUT2D eigenvalue weighted by atomic mass is 9.88.